The molecule has 0 atom stereocenters. The Bertz CT molecular complexity index is 454. The molecule has 0 radical (unpaired) electrons. The highest BCUT2D eigenvalue weighted by Crippen LogP contribution is 2.36. The Hall–Kier alpha value is -1.15. The van der Waals surface area contributed by atoms with Gasteiger partial charge in [0.15, 0.2) is 5.82 Å². The van der Waals surface area contributed by atoms with Gasteiger partial charge in [-0.25, -0.2) is 0 Å². The van der Waals surface area contributed by atoms with E-state index in [0.717, 1.165) is 25.7 Å². The van der Waals surface area contributed by atoms with Crippen molar-refractivity contribution in [2.75, 3.05) is 13.2 Å². The van der Waals surface area contributed by atoms with E-state index >= 15 is 0 Å². The van der Waals surface area contributed by atoms with E-state index in [-0.39, 0.29) is 13.0 Å². The minimum Gasteiger partial charge on any atom is -0.372 e. The Morgan fingerprint density at radius 2 is 2.05 bits per heavy atom. The maximum atomic E-state index is 11.9. The molecule has 0 saturated heterocycles. The van der Waals surface area contributed by atoms with Crippen LogP contribution in [0.3, 0.4) is 0 Å². The van der Waals surface area contributed by atoms with Crippen molar-refractivity contribution in [3.63, 3.8) is 0 Å². The molecule has 120 valence electrons. The molecule has 0 bridgehead atoms. The van der Waals surface area contributed by atoms with E-state index in [1.165, 1.54) is 0 Å². The Morgan fingerprint density at radius 3 is 2.67 bits per heavy atom. The summed E-state index contributed by atoms with van der Waals surface area (Å²) in [6.45, 7) is 0.806. The van der Waals surface area contributed by atoms with Crippen LogP contribution in [0.25, 0.3) is 0 Å². The molecule has 0 spiro atoms. The SMILES string of the molecule is CC1CCC(N)(c2nc(CCOCC(F)(F)F)no2)CC1. The molecule has 2 rings (SSSR count). The molecule has 5 nitrogen and oxygen atoms in total. The quantitative estimate of drug-likeness (QED) is 0.846. The highest BCUT2D eigenvalue weighted by atomic mass is 19.4. The van der Waals surface area contributed by atoms with E-state index < -0.39 is 18.3 Å². The van der Waals surface area contributed by atoms with Crippen molar-refractivity contribution in [3.8, 4) is 0 Å². The number of rotatable bonds is 5. The fourth-order valence-electron chi connectivity index (χ4n) is 2.40. The van der Waals surface area contributed by atoms with Gasteiger partial charge in [0.25, 0.3) is 0 Å². The molecule has 1 aromatic heterocycles. The first kappa shape index (κ1) is 16.2. The van der Waals surface area contributed by atoms with Crippen molar-refractivity contribution in [2.45, 2.75) is 50.7 Å². The van der Waals surface area contributed by atoms with Gasteiger partial charge in [-0.1, -0.05) is 12.1 Å². The number of hydrogen-bond acceptors (Lipinski definition) is 5. The van der Waals surface area contributed by atoms with Crippen molar-refractivity contribution in [2.24, 2.45) is 11.7 Å². The fourth-order valence-corrected chi connectivity index (χ4v) is 2.40. The van der Waals surface area contributed by atoms with E-state index in [1.54, 1.807) is 0 Å². The third-order valence-corrected chi connectivity index (χ3v) is 3.80. The van der Waals surface area contributed by atoms with Gasteiger partial charge in [-0.15, -0.1) is 0 Å². The van der Waals surface area contributed by atoms with Gasteiger partial charge >= 0.3 is 6.18 Å². The number of ether oxygens (including phenoxy) is 1. The Kier molecular flexibility index (Phi) is 4.88. The second-order valence-corrected chi connectivity index (χ2v) is 5.77. The van der Waals surface area contributed by atoms with Crippen molar-refractivity contribution in [3.05, 3.63) is 11.7 Å². The highest BCUT2D eigenvalue weighted by molar-refractivity contribution is 5.04. The lowest BCUT2D eigenvalue weighted by atomic mass is 9.78. The monoisotopic (exact) mass is 307 g/mol. The Labute approximate surface area is 121 Å². The minimum absolute atomic E-state index is 0.104. The Balaban J connectivity index is 1.84. The third kappa shape index (κ3) is 4.67. The predicted octanol–water partition coefficient (Wildman–Crippen LogP) is 2.56. The molecule has 0 amide bonds. The van der Waals surface area contributed by atoms with Crippen LogP contribution in [-0.4, -0.2) is 29.5 Å². The van der Waals surface area contributed by atoms with Crippen LogP contribution >= 0.6 is 0 Å². The second kappa shape index (κ2) is 6.31. The summed E-state index contributed by atoms with van der Waals surface area (Å²) in [5, 5.41) is 3.76. The summed E-state index contributed by atoms with van der Waals surface area (Å²) in [5.74, 6) is 1.34. The molecule has 0 unspecified atom stereocenters. The number of halogens is 3. The lowest BCUT2D eigenvalue weighted by Gasteiger charge is -2.32. The Morgan fingerprint density at radius 1 is 1.38 bits per heavy atom. The smallest absolute Gasteiger partial charge is 0.372 e. The van der Waals surface area contributed by atoms with Gasteiger partial charge in [0, 0.05) is 6.42 Å². The average molecular weight is 307 g/mol. The summed E-state index contributed by atoms with van der Waals surface area (Å²) in [7, 11) is 0. The zero-order valence-electron chi connectivity index (χ0n) is 11.9. The number of aromatic nitrogens is 2. The first-order chi connectivity index (χ1) is 9.78. The van der Waals surface area contributed by atoms with Crippen molar-refractivity contribution in [1.82, 2.24) is 10.1 Å². The van der Waals surface area contributed by atoms with Crippen LogP contribution in [0.4, 0.5) is 13.2 Å². The molecule has 8 heteroatoms. The summed E-state index contributed by atoms with van der Waals surface area (Å²) < 4.78 is 45.5. The lowest BCUT2D eigenvalue weighted by molar-refractivity contribution is -0.173. The number of hydrogen-bond donors (Lipinski definition) is 1. The van der Waals surface area contributed by atoms with Gasteiger partial charge in [0.2, 0.25) is 5.89 Å². The van der Waals surface area contributed by atoms with E-state index in [0.29, 0.717) is 17.6 Å². The zero-order valence-corrected chi connectivity index (χ0v) is 11.9. The van der Waals surface area contributed by atoms with Crippen LogP contribution in [0.2, 0.25) is 0 Å². The normalized spacial score (nSPS) is 27.0. The number of alkyl halides is 3. The van der Waals surface area contributed by atoms with Gasteiger partial charge in [-0.2, -0.15) is 18.2 Å². The summed E-state index contributed by atoms with van der Waals surface area (Å²) in [6, 6.07) is 0. The summed E-state index contributed by atoms with van der Waals surface area (Å²) in [4.78, 5) is 4.20. The number of nitrogens with zero attached hydrogens (tertiary/aromatic N) is 2. The topological polar surface area (TPSA) is 74.2 Å². The molecule has 21 heavy (non-hydrogen) atoms. The minimum atomic E-state index is -4.32. The molecule has 0 aromatic carbocycles. The predicted molar refractivity (Wildman–Crippen MR) is 68.4 cm³/mol. The van der Waals surface area contributed by atoms with Gasteiger partial charge in [0.1, 0.15) is 6.61 Å². The fraction of sp³-hybridized carbons (Fsp3) is 0.846. The molecule has 1 aliphatic rings. The van der Waals surface area contributed by atoms with Crippen LogP contribution < -0.4 is 5.73 Å². The molecule has 1 saturated carbocycles. The summed E-state index contributed by atoms with van der Waals surface area (Å²) >= 11 is 0. The molecule has 1 aromatic rings. The standard InChI is InChI=1S/C13H20F3N3O2/c1-9-2-5-12(17,6-3-9)11-18-10(19-21-11)4-7-20-8-13(14,15)16/h9H,2-8,17H2,1H3. The van der Waals surface area contributed by atoms with E-state index in [4.69, 9.17) is 10.3 Å². The van der Waals surface area contributed by atoms with Crippen LogP contribution in [0, 0.1) is 5.92 Å². The zero-order chi connectivity index (χ0) is 15.5. The van der Waals surface area contributed by atoms with Gasteiger partial charge in [-0.3, -0.25) is 0 Å². The molecule has 1 fully saturated rings. The first-order valence-electron chi connectivity index (χ1n) is 7.05. The lowest BCUT2D eigenvalue weighted by Crippen LogP contribution is -2.40. The molecular weight excluding hydrogens is 287 g/mol. The molecule has 2 N–H and O–H groups in total. The van der Waals surface area contributed by atoms with E-state index in [2.05, 4.69) is 21.8 Å². The van der Waals surface area contributed by atoms with Crippen LogP contribution in [0.1, 0.15) is 44.3 Å². The molecular formula is C13H20F3N3O2. The number of nitrogens with two attached hydrogens (primary N) is 1. The van der Waals surface area contributed by atoms with Gasteiger partial charge in [0.05, 0.1) is 12.1 Å². The van der Waals surface area contributed by atoms with Crippen LogP contribution in [0.5, 0.6) is 0 Å². The van der Waals surface area contributed by atoms with E-state index in [9.17, 15) is 13.2 Å². The molecule has 0 aliphatic heterocycles. The van der Waals surface area contributed by atoms with Gasteiger partial charge in [-0.05, 0) is 31.6 Å². The third-order valence-electron chi connectivity index (χ3n) is 3.80. The van der Waals surface area contributed by atoms with Crippen molar-refractivity contribution >= 4 is 0 Å². The summed E-state index contributed by atoms with van der Waals surface area (Å²) in [6.07, 6.45) is -0.582. The summed E-state index contributed by atoms with van der Waals surface area (Å²) in [5.41, 5.74) is 5.69. The van der Waals surface area contributed by atoms with E-state index in [1.807, 2.05) is 0 Å². The van der Waals surface area contributed by atoms with Gasteiger partial charge < -0.3 is 15.0 Å². The average Bonchev–Trinajstić information content (AvgIpc) is 2.87. The second-order valence-electron chi connectivity index (χ2n) is 5.77. The molecule has 1 aliphatic carbocycles. The largest absolute Gasteiger partial charge is 0.411 e. The van der Waals surface area contributed by atoms with Crippen LogP contribution in [0.15, 0.2) is 4.52 Å². The maximum Gasteiger partial charge on any atom is 0.411 e. The van der Waals surface area contributed by atoms with Crippen molar-refractivity contribution in [1.29, 1.82) is 0 Å². The van der Waals surface area contributed by atoms with Crippen molar-refractivity contribution < 1.29 is 22.4 Å². The molecule has 1 heterocycles. The van der Waals surface area contributed by atoms with Crippen LogP contribution in [-0.2, 0) is 16.7 Å². The highest BCUT2D eigenvalue weighted by Gasteiger charge is 2.37. The maximum absolute atomic E-state index is 11.9. The first-order valence-corrected chi connectivity index (χ1v) is 7.05.